The highest BCUT2D eigenvalue weighted by Crippen LogP contribution is 2.24. The molecular weight excluding hydrogens is 468 g/mol. The molecule has 8 nitrogen and oxygen atoms in total. The predicted octanol–water partition coefficient (Wildman–Crippen LogP) is 3.66. The Morgan fingerprint density at radius 3 is 2.29 bits per heavy atom. The number of esters is 1. The second-order valence-corrected chi connectivity index (χ2v) is 9.73. The molecular formula is C26H28N2O6S. The van der Waals surface area contributed by atoms with E-state index in [1.165, 1.54) is 32.4 Å². The van der Waals surface area contributed by atoms with Crippen molar-refractivity contribution in [3.8, 4) is 5.75 Å². The molecule has 0 aliphatic rings. The van der Waals surface area contributed by atoms with Gasteiger partial charge in [-0.2, -0.15) is 4.31 Å². The average molecular weight is 497 g/mol. The molecule has 0 saturated carbocycles. The van der Waals surface area contributed by atoms with Crippen LogP contribution in [0.2, 0.25) is 0 Å². The molecule has 0 fully saturated rings. The molecule has 0 atom stereocenters. The molecule has 0 bridgehead atoms. The quantitative estimate of drug-likeness (QED) is 0.430. The molecule has 3 rings (SSSR count). The first-order valence-electron chi connectivity index (χ1n) is 10.9. The molecule has 3 aromatic rings. The molecule has 0 aromatic heterocycles. The average Bonchev–Trinajstić information content (AvgIpc) is 2.86. The number of methoxy groups -OCH3 is 2. The Bertz CT molecular complexity index is 1290. The molecule has 3 aromatic carbocycles. The Hall–Kier alpha value is -3.69. The minimum absolute atomic E-state index is 0.0617. The predicted molar refractivity (Wildman–Crippen MR) is 133 cm³/mol. The summed E-state index contributed by atoms with van der Waals surface area (Å²) >= 11 is 0. The molecule has 1 amide bonds. The highest BCUT2D eigenvalue weighted by atomic mass is 32.2. The fraction of sp³-hybridized carbons (Fsp3) is 0.231. The summed E-state index contributed by atoms with van der Waals surface area (Å²) in [7, 11) is -1.25. The third kappa shape index (κ3) is 6.46. The number of anilines is 1. The van der Waals surface area contributed by atoms with Gasteiger partial charge in [-0.3, -0.25) is 4.79 Å². The Balaban J connectivity index is 1.88. The molecule has 0 radical (unpaired) electrons. The van der Waals surface area contributed by atoms with Crippen molar-refractivity contribution in [3.63, 3.8) is 0 Å². The number of sulfonamides is 1. The van der Waals surface area contributed by atoms with Crippen LogP contribution in [-0.4, -0.2) is 51.9 Å². The number of nitrogens with one attached hydrogen (secondary N) is 1. The Morgan fingerprint density at radius 2 is 1.63 bits per heavy atom. The topological polar surface area (TPSA) is 102 Å². The monoisotopic (exact) mass is 496 g/mol. The van der Waals surface area contributed by atoms with Crippen LogP contribution in [0, 0.1) is 6.92 Å². The van der Waals surface area contributed by atoms with Gasteiger partial charge in [-0.1, -0.05) is 42.5 Å². The number of carbonyl (C=O) groups excluding carboxylic acids is 2. The van der Waals surface area contributed by atoms with E-state index in [0.717, 1.165) is 9.87 Å². The number of para-hydroxylation sites is 1. The van der Waals surface area contributed by atoms with Gasteiger partial charge >= 0.3 is 5.97 Å². The summed E-state index contributed by atoms with van der Waals surface area (Å²) in [6, 6.07) is 20.4. The summed E-state index contributed by atoms with van der Waals surface area (Å²) < 4.78 is 38.2. The van der Waals surface area contributed by atoms with Gasteiger partial charge in [0, 0.05) is 6.54 Å². The first-order valence-corrected chi connectivity index (χ1v) is 12.4. The van der Waals surface area contributed by atoms with Crippen LogP contribution >= 0.6 is 0 Å². The molecule has 0 spiro atoms. The molecule has 0 aliphatic carbocycles. The van der Waals surface area contributed by atoms with E-state index < -0.39 is 28.4 Å². The van der Waals surface area contributed by atoms with Crippen LogP contribution in [0.15, 0.2) is 77.7 Å². The van der Waals surface area contributed by atoms with E-state index in [1.54, 1.807) is 31.2 Å². The summed E-state index contributed by atoms with van der Waals surface area (Å²) in [6.45, 7) is 1.40. The van der Waals surface area contributed by atoms with Crippen LogP contribution < -0.4 is 10.1 Å². The summed E-state index contributed by atoms with van der Waals surface area (Å²) in [5, 5.41) is 2.64. The normalized spacial score (nSPS) is 11.2. The van der Waals surface area contributed by atoms with Gasteiger partial charge in [0.15, 0.2) is 0 Å². The Labute approximate surface area is 205 Å². The van der Waals surface area contributed by atoms with Crippen LogP contribution in [0.5, 0.6) is 5.75 Å². The lowest BCUT2D eigenvalue weighted by Crippen LogP contribution is -2.39. The van der Waals surface area contributed by atoms with Gasteiger partial charge in [-0.05, 0) is 54.8 Å². The maximum atomic E-state index is 13.5. The molecule has 184 valence electrons. The fourth-order valence-corrected chi connectivity index (χ4v) is 5.06. The number of hydrogen-bond donors (Lipinski definition) is 1. The van der Waals surface area contributed by atoms with E-state index in [1.807, 2.05) is 30.3 Å². The van der Waals surface area contributed by atoms with E-state index >= 15 is 0 Å². The maximum absolute atomic E-state index is 13.5. The van der Waals surface area contributed by atoms with Crippen LogP contribution in [0.4, 0.5) is 5.69 Å². The molecule has 0 heterocycles. The fourth-order valence-electron chi connectivity index (χ4n) is 3.57. The zero-order valence-electron chi connectivity index (χ0n) is 19.9. The van der Waals surface area contributed by atoms with Gasteiger partial charge in [0.2, 0.25) is 15.9 Å². The lowest BCUT2D eigenvalue weighted by Gasteiger charge is -2.22. The van der Waals surface area contributed by atoms with Crippen LogP contribution in [-0.2, 0) is 26.0 Å². The first-order chi connectivity index (χ1) is 16.8. The summed E-state index contributed by atoms with van der Waals surface area (Å²) in [6.07, 6.45) is 0.418. The second kappa shape index (κ2) is 11.6. The number of ether oxygens (including phenoxy) is 2. The molecule has 35 heavy (non-hydrogen) atoms. The first kappa shape index (κ1) is 25.9. The maximum Gasteiger partial charge on any atom is 0.339 e. The number of benzene rings is 3. The van der Waals surface area contributed by atoms with Crippen LogP contribution in [0.3, 0.4) is 0 Å². The van der Waals surface area contributed by atoms with E-state index in [-0.39, 0.29) is 22.7 Å². The number of aryl methyl sites for hydroxylation is 1. The number of carbonyl (C=O) groups is 2. The van der Waals surface area contributed by atoms with Crippen LogP contribution in [0.1, 0.15) is 21.5 Å². The lowest BCUT2D eigenvalue weighted by atomic mass is 10.1. The van der Waals surface area contributed by atoms with Crippen molar-refractivity contribution in [2.24, 2.45) is 0 Å². The third-order valence-corrected chi connectivity index (χ3v) is 7.26. The van der Waals surface area contributed by atoms with Crippen molar-refractivity contribution in [2.45, 2.75) is 18.2 Å². The molecule has 0 saturated heterocycles. The van der Waals surface area contributed by atoms with Crippen molar-refractivity contribution >= 4 is 27.6 Å². The molecule has 9 heteroatoms. The second-order valence-electron chi connectivity index (χ2n) is 7.79. The standard InChI is InChI=1S/C26H28N2O6S/c1-19-17-21(13-14-24(19)33-2)35(31,32)28(16-15-20-9-5-4-6-10-20)18-25(29)27-23-12-8-7-11-22(23)26(30)34-3/h4-14,17H,15-16,18H2,1-3H3,(H,27,29). The third-order valence-electron chi connectivity index (χ3n) is 5.42. The Morgan fingerprint density at radius 1 is 0.943 bits per heavy atom. The van der Waals surface area contributed by atoms with Crippen LogP contribution in [0.25, 0.3) is 0 Å². The van der Waals surface area contributed by atoms with Crippen molar-refractivity contribution in [2.75, 3.05) is 32.6 Å². The van der Waals surface area contributed by atoms with E-state index in [2.05, 4.69) is 5.32 Å². The van der Waals surface area contributed by atoms with Gasteiger partial charge in [0.1, 0.15) is 5.75 Å². The highest BCUT2D eigenvalue weighted by molar-refractivity contribution is 7.89. The van der Waals surface area contributed by atoms with Gasteiger partial charge < -0.3 is 14.8 Å². The number of nitrogens with zero attached hydrogens (tertiary/aromatic N) is 1. The van der Waals surface area contributed by atoms with Crippen molar-refractivity contribution < 1.29 is 27.5 Å². The SMILES string of the molecule is COC(=O)c1ccccc1NC(=O)CN(CCc1ccccc1)S(=O)(=O)c1ccc(OC)c(C)c1. The summed E-state index contributed by atoms with van der Waals surface area (Å²) in [4.78, 5) is 25.1. The van der Waals surface area contributed by atoms with Gasteiger partial charge in [0.25, 0.3) is 0 Å². The summed E-state index contributed by atoms with van der Waals surface area (Å²) in [5.41, 5.74) is 2.01. The van der Waals surface area contributed by atoms with Gasteiger partial charge in [0.05, 0.1) is 36.9 Å². The zero-order valence-corrected chi connectivity index (χ0v) is 20.7. The highest BCUT2D eigenvalue weighted by Gasteiger charge is 2.27. The number of rotatable bonds is 10. The lowest BCUT2D eigenvalue weighted by molar-refractivity contribution is -0.116. The number of amides is 1. The molecule has 0 unspecified atom stereocenters. The zero-order chi connectivity index (χ0) is 25.4. The number of hydrogen-bond acceptors (Lipinski definition) is 6. The smallest absolute Gasteiger partial charge is 0.339 e. The largest absolute Gasteiger partial charge is 0.496 e. The van der Waals surface area contributed by atoms with E-state index in [0.29, 0.717) is 17.7 Å². The van der Waals surface area contributed by atoms with E-state index in [4.69, 9.17) is 9.47 Å². The van der Waals surface area contributed by atoms with Gasteiger partial charge in [-0.15, -0.1) is 0 Å². The van der Waals surface area contributed by atoms with Crippen molar-refractivity contribution in [1.29, 1.82) is 0 Å². The van der Waals surface area contributed by atoms with Crippen molar-refractivity contribution in [3.05, 3.63) is 89.5 Å². The minimum Gasteiger partial charge on any atom is -0.496 e. The Kier molecular flexibility index (Phi) is 8.62. The minimum atomic E-state index is -4.01. The van der Waals surface area contributed by atoms with Gasteiger partial charge in [-0.25, -0.2) is 13.2 Å². The molecule has 0 aliphatic heterocycles. The summed E-state index contributed by atoms with van der Waals surface area (Å²) in [5.74, 6) is -0.622. The van der Waals surface area contributed by atoms with Crippen molar-refractivity contribution in [1.82, 2.24) is 4.31 Å². The van der Waals surface area contributed by atoms with E-state index in [9.17, 15) is 18.0 Å². The molecule has 1 N–H and O–H groups in total.